The molecule has 0 aliphatic rings. The zero-order valence-electron chi connectivity index (χ0n) is 20.2. The Labute approximate surface area is 226 Å². The number of nitrogens with two attached hydrogens (primary N) is 1. The van der Waals surface area contributed by atoms with Crippen LogP contribution in [0.2, 0.25) is 0 Å². The van der Waals surface area contributed by atoms with Crippen LogP contribution in [-0.4, -0.2) is 56.2 Å². The van der Waals surface area contributed by atoms with Crippen molar-refractivity contribution in [3.05, 3.63) is 53.6 Å². The lowest BCUT2D eigenvalue weighted by molar-refractivity contribution is 0.112. The van der Waals surface area contributed by atoms with Gasteiger partial charge in [-0.05, 0) is 18.2 Å². The Morgan fingerprint density at radius 2 is 2.03 bits per heavy atom. The molecule has 0 radical (unpaired) electrons. The number of benzene rings is 2. The fraction of sp³-hybridized carbons (Fsp3) is 0.136. The van der Waals surface area contributed by atoms with Gasteiger partial charge >= 0.3 is 6.03 Å². The molecule has 17 heteroatoms. The lowest BCUT2D eigenvalue weighted by Gasteiger charge is -2.04. The van der Waals surface area contributed by atoms with Crippen molar-refractivity contribution < 1.29 is 36.4 Å². The van der Waals surface area contributed by atoms with Crippen LogP contribution in [0.1, 0.15) is 10.4 Å². The summed E-state index contributed by atoms with van der Waals surface area (Å²) in [5, 5.41) is 10.8. The molecule has 0 bridgehead atoms. The van der Waals surface area contributed by atoms with Crippen molar-refractivity contribution in [1.82, 2.24) is 20.4 Å². The second-order valence-electron chi connectivity index (χ2n) is 7.21. The first-order valence-corrected chi connectivity index (χ1v) is 12.7. The van der Waals surface area contributed by atoms with Gasteiger partial charge in [0.1, 0.15) is 40.2 Å². The number of hydrogen-bond acceptors (Lipinski definition) is 11. The first-order valence-electron chi connectivity index (χ1n) is 10.6. The molecule has 206 valence electrons. The minimum atomic E-state index is -2.20. The highest BCUT2D eigenvalue weighted by atomic mass is 32.2. The monoisotopic (exact) mass is 581 g/mol. The van der Waals surface area contributed by atoms with Crippen molar-refractivity contribution in [1.29, 1.82) is 0 Å². The normalized spacial score (nSPS) is 11.1. The molecule has 0 aliphatic carbocycles. The number of anilines is 3. The molecule has 0 saturated carbocycles. The maximum atomic E-state index is 14.1. The number of nitrogens with one attached hydrogen (secondary N) is 3. The van der Waals surface area contributed by atoms with E-state index in [0.717, 1.165) is 17.6 Å². The number of ether oxygens (including phenoxy) is 1. The molecule has 2 heterocycles. The van der Waals surface area contributed by atoms with Crippen molar-refractivity contribution >= 4 is 51.4 Å². The summed E-state index contributed by atoms with van der Waals surface area (Å²) in [5.74, 6) is -1.68. The summed E-state index contributed by atoms with van der Waals surface area (Å²) >= 11 is -1.31. The van der Waals surface area contributed by atoms with Crippen LogP contribution in [0.15, 0.2) is 40.9 Å². The van der Waals surface area contributed by atoms with E-state index in [-0.39, 0.29) is 38.8 Å². The molecule has 0 saturated heterocycles. The Hall–Kier alpha value is -4.48. The Bertz CT molecular complexity index is 1500. The zero-order chi connectivity index (χ0) is 28.5. The van der Waals surface area contributed by atoms with Gasteiger partial charge in [-0.3, -0.25) is 10.1 Å². The molecule has 1 unspecified atom stereocenters. The SMILES string of the molecule is CNc1cc(-c2noc(-c3sc(NC(=O)NCS(=O)O)nc3N)n2)c(F)cc1F.COc1cccc(C=O)c1. The predicted molar refractivity (Wildman–Crippen MR) is 141 cm³/mol. The van der Waals surface area contributed by atoms with Gasteiger partial charge in [0.2, 0.25) is 5.82 Å². The zero-order valence-corrected chi connectivity index (χ0v) is 21.9. The van der Waals surface area contributed by atoms with Crippen LogP contribution >= 0.6 is 11.3 Å². The molecule has 4 aromatic rings. The number of nitrogen functional groups attached to an aromatic ring is 1. The minimum Gasteiger partial charge on any atom is -0.497 e. The van der Waals surface area contributed by atoms with Crippen LogP contribution in [0.5, 0.6) is 5.75 Å². The van der Waals surface area contributed by atoms with Crippen molar-refractivity contribution in [3.8, 4) is 27.9 Å². The van der Waals surface area contributed by atoms with Gasteiger partial charge in [-0.25, -0.2) is 22.8 Å². The standard InChI is InChI=1S/C14H13F2N7O4S2.C8H8O2/c1-18-8-2-5(6(15)3-7(8)16)11-21-12(27-23-11)9-10(17)20-14(28-9)22-13(24)19-4-29(25)26;1-10-8-4-2-3-7(5-8)6-9/h2-3,18H,4,17H2,1H3,(H,25,26)(H2,19,20,22,24);2-6H,1H3. The number of amides is 2. The van der Waals surface area contributed by atoms with Crippen LogP contribution in [0.4, 0.5) is 30.2 Å². The van der Waals surface area contributed by atoms with Gasteiger partial charge in [0.15, 0.2) is 16.2 Å². The average molecular weight is 582 g/mol. The van der Waals surface area contributed by atoms with Crippen LogP contribution in [0.3, 0.4) is 0 Å². The molecular formula is C22H21F2N7O6S2. The van der Waals surface area contributed by atoms with Crippen molar-refractivity contribution in [2.45, 2.75) is 0 Å². The predicted octanol–water partition coefficient (Wildman–Crippen LogP) is 3.57. The molecule has 2 aromatic carbocycles. The Morgan fingerprint density at radius 3 is 2.69 bits per heavy atom. The maximum Gasteiger partial charge on any atom is 0.321 e. The van der Waals surface area contributed by atoms with E-state index in [9.17, 15) is 22.6 Å². The lowest BCUT2D eigenvalue weighted by atomic mass is 10.1. The molecule has 0 fully saturated rings. The number of rotatable bonds is 8. The van der Waals surface area contributed by atoms with Gasteiger partial charge in [0, 0.05) is 18.7 Å². The van der Waals surface area contributed by atoms with Crippen molar-refractivity contribution in [3.63, 3.8) is 0 Å². The third-order valence-corrected chi connectivity index (χ3v) is 6.01. The molecule has 2 aromatic heterocycles. The molecule has 1 atom stereocenters. The topological polar surface area (TPSA) is 195 Å². The van der Waals surface area contributed by atoms with Crippen LogP contribution < -0.4 is 26.4 Å². The lowest BCUT2D eigenvalue weighted by Crippen LogP contribution is -2.31. The number of thiazole rings is 1. The number of halogens is 2. The number of carbonyl (C=O) groups excluding carboxylic acids is 2. The van der Waals surface area contributed by atoms with Gasteiger partial charge in [-0.15, -0.1) is 0 Å². The minimum absolute atomic E-state index is 0.0401. The van der Waals surface area contributed by atoms with E-state index >= 15 is 0 Å². The fourth-order valence-corrected chi connectivity index (χ4v) is 3.92. The number of aromatic nitrogens is 3. The number of aldehydes is 1. The van der Waals surface area contributed by atoms with Gasteiger partial charge < -0.3 is 30.2 Å². The first-order chi connectivity index (χ1) is 18.6. The number of carbonyl (C=O) groups is 2. The fourth-order valence-electron chi connectivity index (χ4n) is 2.86. The third kappa shape index (κ3) is 7.76. The smallest absolute Gasteiger partial charge is 0.321 e. The van der Waals surface area contributed by atoms with Crippen LogP contribution in [-0.2, 0) is 11.1 Å². The molecule has 0 aliphatic heterocycles. The number of methoxy groups -OCH3 is 1. The third-order valence-electron chi connectivity index (χ3n) is 4.65. The quantitative estimate of drug-likeness (QED) is 0.151. The summed E-state index contributed by atoms with van der Waals surface area (Å²) < 4.78 is 56.9. The second kappa shape index (κ2) is 13.4. The summed E-state index contributed by atoms with van der Waals surface area (Å²) in [6.07, 6.45) is 0.794. The van der Waals surface area contributed by atoms with Gasteiger partial charge in [0.25, 0.3) is 5.89 Å². The van der Waals surface area contributed by atoms with Crippen LogP contribution in [0, 0.1) is 11.6 Å². The summed E-state index contributed by atoms with van der Waals surface area (Å²) in [7, 11) is 3.05. The Balaban J connectivity index is 0.000000353. The van der Waals surface area contributed by atoms with E-state index < -0.39 is 34.6 Å². The molecular weight excluding hydrogens is 560 g/mol. The number of urea groups is 1. The first kappa shape index (κ1) is 29.1. The van der Waals surface area contributed by atoms with Crippen LogP contribution in [0.25, 0.3) is 22.2 Å². The van der Waals surface area contributed by atoms with E-state index in [0.29, 0.717) is 17.4 Å². The molecule has 6 N–H and O–H groups in total. The van der Waals surface area contributed by atoms with E-state index in [4.69, 9.17) is 19.5 Å². The highest BCUT2D eigenvalue weighted by molar-refractivity contribution is 7.79. The summed E-state index contributed by atoms with van der Waals surface area (Å²) in [6.45, 7) is 0. The van der Waals surface area contributed by atoms with Crippen molar-refractivity contribution in [2.24, 2.45) is 0 Å². The average Bonchev–Trinajstić information content (AvgIpc) is 3.54. The highest BCUT2D eigenvalue weighted by Crippen LogP contribution is 2.35. The van der Waals surface area contributed by atoms with E-state index in [1.165, 1.54) is 13.1 Å². The second-order valence-corrected chi connectivity index (χ2v) is 9.14. The number of hydrogen-bond donors (Lipinski definition) is 5. The maximum absolute atomic E-state index is 14.1. The van der Waals surface area contributed by atoms with Gasteiger partial charge in [-0.2, -0.15) is 4.98 Å². The molecule has 4 rings (SSSR count). The Morgan fingerprint density at radius 1 is 1.26 bits per heavy atom. The van der Waals surface area contributed by atoms with Gasteiger partial charge in [0.05, 0.1) is 18.4 Å². The van der Waals surface area contributed by atoms with E-state index in [1.807, 2.05) is 0 Å². The molecule has 0 spiro atoms. The van der Waals surface area contributed by atoms with E-state index in [2.05, 4.69) is 31.1 Å². The van der Waals surface area contributed by atoms with E-state index in [1.54, 1.807) is 31.4 Å². The summed E-state index contributed by atoms with van der Waals surface area (Å²) in [5.41, 5.74) is 6.38. The molecule has 2 amide bonds. The molecule has 13 nitrogen and oxygen atoms in total. The number of nitrogens with zero attached hydrogens (tertiary/aromatic N) is 3. The summed E-state index contributed by atoms with van der Waals surface area (Å²) in [6, 6.07) is 8.11. The Kier molecular flexibility index (Phi) is 9.96. The molecule has 39 heavy (non-hydrogen) atoms. The summed E-state index contributed by atoms with van der Waals surface area (Å²) in [4.78, 5) is 30.0. The van der Waals surface area contributed by atoms with Crippen molar-refractivity contribution in [2.75, 3.05) is 36.4 Å². The highest BCUT2D eigenvalue weighted by Gasteiger charge is 2.21. The largest absolute Gasteiger partial charge is 0.497 e. The van der Waals surface area contributed by atoms with Gasteiger partial charge in [-0.1, -0.05) is 28.6 Å².